The summed E-state index contributed by atoms with van der Waals surface area (Å²) in [6, 6.07) is 7.97. The van der Waals surface area contributed by atoms with Gasteiger partial charge in [-0.3, -0.25) is 9.59 Å². The van der Waals surface area contributed by atoms with Gasteiger partial charge in [0.05, 0.1) is 23.9 Å². The molecule has 0 aliphatic carbocycles. The average molecular weight is 535 g/mol. The standard InChI is InChI=1S/C20H18N6O6S3/c27-13-3-1-11(15(29)5-13)7-21-23-17(31)9-33-19-25-26-20(35-19)34-10-18(32)24-22-8-12-2-4-14(28)6-16(12)30/h1-8,27-30H,9-10H2,(H,23,31)(H,24,32)/b21-7-,22-8-. The summed E-state index contributed by atoms with van der Waals surface area (Å²) in [7, 11) is 0. The molecular formula is C20H18N6O6S3. The third-order valence-electron chi connectivity index (χ3n) is 3.86. The minimum absolute atomic E-state index is 0.0253. The van der Waals surface area contributed by atoms with Crippen molar-refractivity contribution in [3.05, 3.63) is 47.5 Å². The number of nitrogens with one attached hydrogen (secondary N) is 2. The molecule has 3 rings (SSSR count). The van der Waals surface area contributed by atoms with Gasteiger partial charge in [-0.05, 0) is 24.3 Å². The number of hydrogen-bond donors (Lipinski definition) is 6. The Balaban J connectivity index is 1.37. The molecule has 182 valence electrons. The summed E-state index contributed by atoms with van der Waals surface area (Å²) in [6.07, 6.45) is 2.50. The number of benzene rings is 2. The van der Waals surface area contributed by atoms with Gasteiger partial charge in [-0.25, -0.2) is 10.9 Å². The summed E-state index contributed by atoms with van der Waals surface area (Å²) in [5.74, 6) is -1.26. The van der Waals surface area contributed by atoms with Crippen molar-refractivity contribution < 1.29 is 30.0 Å². The fraction of sp³-hybridized carbons (Fsp3) is 0.100. The molecule has 12 nitrogen and oxygen atoms in total. The minimum atomic E-state index is -0.397. The fourth-order valence-corrected chi connectivity index (χ4v) is 4.87. The van der Waals surface area contributed by atoms with Crippen LogP contribution in [0.25, 0.3) is 0 Å². The second-order valence-corrected chi connectivity index (χ2v) is 9.91. The molecule has 0 bridgehead atoms. The zero-order valence-corrected chi connectivity index (χ0v) is 20.1. The normalized spacial score (nSPS) is 11.2. The molecule has 35 heavy (non-hydrogen) atoms. The lowest BCUT2D eigenvalue weighted by Crippen LogP contribution is -2.19. The van der Waals surface area contributed by atoms with Crippen LogP contribution in [0.5, 0.6) is 23.0 Å². The molecule has 0 spiro atoms. The monoisotopic (exact) mass is 534 g/mol. The Hall–Kier alpha value is -3.82. The van der Waals surface area contributed by atoms with E-state index in [0.29, 0.717) is 19.8 Å². The molecule has 0 fully saturated rings. The number of aromatic hydroxyl groups is 4. The first-order chi connectivity index (χ1) is 16.8. The number of hydrogen-bond acceptors (Lipinski definition) is 13. The molecule has 15 heteroatoms. The second-order valence-electron chi connectivity index (χ2n) is 6.48. The van der Waals surface area contributed by atoms with E-state index in [1.807, 2.05) is 0 Å². The van der Waals surface area contributed by atoms with Gasteiger partial charge in [0.1, 0.15) is 23.0 Å². The van der Waals surface area contributed by atoms with Crippen LogP contribution in [0.1, 0.15) is 11.1 Å². The Morgan fingerprint density at radius 1 is 0.800 bits per heavy atom. The van der Waals surface area contributed by atoms with Crippen LogP contribution in [0.3, 0.4) is 0 Å². The molecule has 1 heterocycles. The highest BCUT2D eigenvalue weighted by Crippen LogP contribution is 2.28. The SMILES string of the molecule is O=C(CSc1nnc(SCC(=O)N/N=C\c2ccc(O)cc2O)s1)N/N=C\c1ccc(O)cc1O. The number of amides is 2. The van der Waals surface area contributed by atoms with Gasteiger partial charge in [-0.15, -0.1) is 10.2 Å². The summed E-state index contributed by atoms with van der Waals surface area (Å²) >= 11 is 3.51. The van der Waals surface area contributed by atoms with Gasteiger partial charge < -0.3 is 20.4 Å². The Kier molecular flexibility index (Phi) is 9.28. The number of carbonyl (C=O) groups excluding carboxylic acids is 2. The highest BCUT2D eigenvalue weighted by Gasteiger charge is 2.10. The van der Waals surface area contributed by atoms with Crippen LogP contribution in [-0.4, -0.2) is 66.4 Å². The highest BCUT2D eigenvalue weighted by atomic mass is 32.2. The number of nitrogens with zero attached hydrogens (tertiary/aromatic N) is 4. The topological polar surface area (TPSA) is 190 Å². The quantitative estimate of drug-likeness (QED) is 0.127. The van der Waals surface area contributed by atoms with Crippen molar-refractivity contribution in [2.24, 2.45) is 10.2 Å². The van der Waals surface area contributed by atoms with Crippen molar-refractivity contribution in [1.29, 1.82) is 0 Å². The van der Waals surface area contributed by atoms with E-state index in [1.54, 1.807) is 0 Å². The van der Waals surface area contributed by atoms with Gasteiger partial charge >= 0.3 is 0 Å². The van der Waals surface area contributed by atoms with Crippen molar-refractivity contribution in [3.63, 3.8) is 0 Å². The van der Waals surface area contributed by atoms with Crippen LogP contribution < -0.4 is 10.9 Å². The molecule has 1 aromatic heterocycles. The number of aromatic nitrogens is 2. The molecule has 0 radical (unpaired) electrons. The first-order valence-electron chi connectivity index (χ1n) is 9.57. The van der Waals surface area contributed by atoms with Gasteiger partial charge in [0.2, 0.25) is 0 Å². The number of phenols is 4. The van der Waals surface area contributed by atoms with Gasteiger partial charge in [0.25, 0.3) is 11.8 Å². The summed E-state index contributed by atoms with van der Waals surface area (Å²) in [5, 5.41) is 53.3. The molecule has 3 aromatic rings. The molecular weight excluding hydrogens is 516 g/mol. The molecule has 0 aliphatic rings. The van der Waals surface area contributed by atoms with Gasteiger partial charge in [0.15, 0.2) is 8.68 Å². The van der Waals surface area contributed by atoms with Crippen molar-refractivity contribution in [3.8, 4) is 23.0 Å². The summed E-state index contributed by atoms with van der Waals surface area (Å²) in [4.78, 5) is 23.8. The number of thioether (sulfide) groups is 2. The van der Waals surface area contributed by atoms with Crippen molar-refractivity contribution in [1.82, 2.24) is 21.0 Å². The van der Waals surface area contributed by atoms with Gasteiger partial charge in [0, 0.05) is 23.3 Å². The molecule has 2 amide bonds. The maximum absolute atomic E-state index is 11.9. The van der Waals surface area contributed by atoms with Crippen LogP contribution in [0.2, 0.25) is 0 Å². The predicted octanol–water partition coefficient (Wildman–Crippen LogP) is 1.85. The summed E-state index contributed by atoms with van der Waals surface area (Å²) < 4.78 is 1.06. The Labute approximate surface area is 210 Å². The Morgan fingerprint density at radius 3 is 1.63 bits per heavy atom. The van der Waals surface area contributed by atoms with E-state index in [4.69, 9.17) is 0 Å². The van der Waals surface area contributed by atoms with Crippen molar-refractivity contribution in [2.45, 2.75) is 8.68 Å². The maximum Gasteiger partial charge on any atom is 0.250 e. The number of carbonyl (C=O) groups is 2. The van der Waals surface area contributed by atoms with Crippen molar-refractivity contribution >= 4 is 59.1 Å². The zero-order chi connectivity index (χ0) is 25.2. The van der Waals surface area contributed by atoms with E-state index in [0.717, 1.165) is 35.7 Å². The van der Waals surface area contributed by atoms with Crippen LogP contribution in [0.15, 0.2) is 55.3 Å². The van der Waals surface area contributed by atoms with E-state index >= 15 is 0 Å². The van der Waals surface area contributed by atoms with E-state index in [-0.39, 0.29) is 34.5 Å². The van der Waals surface area contributed by atoms with Crippen molar-refractivity contribution in [2.75, 3.05) is 11.5 Å². The van der Waals surface area contributed by atoms with Crippen LogP contribution >= 0.6 is 34.9 Å². The number of rotatable bonds is 10. The molecule has 0 saturated carbocycles. The van der Waals surface area contributed by atoms with Crippen LogP contribution in [-0.2, 0) is 9.59 Å². The lowest BCUT2D eigenvalue weighted by atomic mass is 10.2. The third-order valence-corrected chi connectivity index (χ3v) is 7.05. The summed E-state index contributed by atoms with van der Waals surface area (Å²) in [6.45, 7) is 0. The molecule has 0 aliphatic heterocycles. The first kappa shape index (κ1) is 25.8. The largest absolute Gasteiger partial charge is 0.508 e. The lowest BCUT2D eigenvalue weighted by Gasteiger charge is -2.00. The third kappa shape index (κ3) is 8.47. The molecule has 0 atom stereocenters. The first-order valence-corrected chi connectivity index (χ1v) is 12.4. The molecule has 2 aromatic carbocycles. The van der Waals surface area contributed by atoms with E-state index in [2.05, 4.69) is 31.3 Å². The average Bonchev–Trinajstić information content (AvgIpc) is 3.27. The van der Waals surface area contributed by atoms with Crippen LogP contribution in [0, 0.1) is 0 Å². The van der Waals surface area contributed by atoms with E-state index in [9.17, 15) is 30.0 Å². The zero-order valence-electron chi connectivity index (χ0n) is 17.7. The Bertz CT molecular complexity index is 1170. The van der Waals surface area contributed by atoms with Gasteiger partial charge in [-0.1, -0.05) is 34.9 Å². The van der Waals surface area contributed by atoms with Crippen LogP contribution in [0.4, 0.5) is 0 Å². The molecule has 0 saturated heterocycles. The summed E-state index contributed by atoms with van der Waals surface area (Å²) in [5.41, 5.74) is 5.30. The molecule has 6 N–H and O–H groups in total. The smallest absolute Gasteiger partial charge is 0.250 e. The van der Waals surface area contributed by atoms with E-state index in [1.165, 1.54) is 48.0 Å². The minimum Gasteiger partial charge on any atom is -0.508 e. The second kappa shape index (κ2) is 12.6. The maximum atomic E-state index is 11.9. The number of phenolic OH excluding ortho intramolecular Hbond substituents is 4. The Morgan fingerprint density at radius 2 is 1.23 bits per heavy atom. The van der Waals surface area contributed by atoms with E-state index < -0.39 is 11.8 Å². The molecule has 0 unspecified atom stereocenters. The predicted molar refractivity (Wildman–Crippen MR) is 132 cm³/mol. The number of hydrazone groups is 2. The fourth-order valence-electron chi connectivity index (χ4n) is 2.26. The lowest BCUT2D eigenvalue weighted by molar-refractivity contribution is -0.119. The highest BCUT2D eigenvalue weighted by molar-refractivity contribution is 8.03. The van der Waals surface area contributed by atoms with Gasteiger partial charge in [-0.2, -0.15) is 10.2 Å².